The minimum Gasteiger partial charge on any atom is -0.393 e. The highest BCUT2D eigenvalue weighted by Crippen LogP contribution is 2.16. The Morgan fingerprint density at radius 1 is 1.44 bits per heavy atom. The topological polar surface area (TPSA) is 66.4 Å². The predicted molar refractivity (Wildman–Crippen MR) is 67.2 cm³/mol. The molecular formula is C12H18FNO3S. The average molecular weight is 275 g/mol. The molecule has 0 amide bonds. The number of aliphatic hydroxyl groups is 1. The van der Waals surface area contributed by atoms with Crippen LogP contribution < -0.4 is 4.72 Å². The molecule has 0 aliphatic heterocycles. The summed E-state index contributed by atoms with van der Waals surface area (Å²) in [5.74, 6) is -0.588. The summed E-state index contributed by atoms with van der Waals surface area (Å²) in [5, 5.41) is 9.33. The molecule has 1 atom stereocenters. The lowest BCUT2D eigenvalue weighted by molar-refractivity contribution is 0.162. The number of benzene rings is 1. The number of sulfonamides is 1. The van der Waals surface area contributed by atoms with Crippen LogP contribution in [0.2, 0.25) is 0 Å². The van der Waals surface area contributed by atoms with Crippen molar-refractivity contribution in [3.63, 3.8) is 0 Å². The van der Waals surface area contributed by atoms with E-state index in [1.54, 1.807) is 6.92 Å². The van der Waals surface area contributed by atoms with Gasteiger partial charge in [-0.25, -0.2) is 17.5 Å². The summed E-state index contributed by atoms with van der Waals surface area (Å²) < 4.78 is 39.2. The summed E-state index contributed by atoms with van der Waals surface area (Å²) in [5.41, 5.74) is 0.486. The summed E-state index contributed by atoms with van der Waals surface area (Å²) in [6, 6.07) is 3.63. The molecule has 0 radical (unpaired) electrons. The molecule has 4 nitrogen and oxygen atoms in total. The molecule has 0 saturated heterocycles. The van der Waals surface area contributed by atoms with Crippen LogP contribution in [0.15, 0.2) is 23.1 Å². The van der Waals surface area contributed by atoms with Crippen molar-refractivity contribution in [3.05, 3.63) is 29.6 Å². The Bertz CT molecular complexity index is 502. The van der Waals surface area contributed by atoms with Crippen molar-refractivity contribution in [2.45, 2.75) is 37.7 Å². The summed E-state index contributed by atoms with van der Waals surface area (Å²) >= 11 is 0. The van der Waals surface area contributed by atoms with Gasteiger partial charge in [-0.15, -0.1) is 0 Å². The Morgan fingerprint density at radius 3 is 2.72 bits per heavy atom. The lowest BCUT2D eigenvalue weighted by Gasteiger charge is -2.11. The van der Waals surface area contributed by atoms with E-state index in [1.807, 2.05) is 6.92 Å². The Kier molecular flexibility index (Phi) is 5.25. The quantitative estimate of drug-likeness (QED) is 0.828. The van der Waals surface area contributed by atoms with Crippen LogP contribution in [-0.4, -0.2) is 26.2 Å². The molecule has 0 heterocycles. The molecule has 1 rings (SSSR count). The summed E-state index contributed by atoms with van der Waals surface area (Å²) in [4.78, 5) is -0.0616. The zero-order valence-corrected chi connectivity index (χ0v) is 11.3. The second kappa shape index (κ2) is 6.26. The molecule has 102 valence electrons. The first-order valence-corrected chi connectivity index (χ1v) is 7.29. The molecule has 2 N–H and O–H groups in total. The van der Waals surface area contributed by atoms with E-state index in [4.69, 9.17) is 0 Å². The van der Waals surface area contributed by atoms with Gasteiger partial charge in [0, 0.05) is 6.54 Å². The third-order valence-electron chi connectivity index (χ3n) is 2.68. The molecule has 1 unspecified atom stereocenters. The second-order valence-corrected chi connectivity index (χ2v) is 5.89. The first-order chi connectivity index (χ1) is 8.36. The molecule has 0 aromatic heterocycles. The van der Waals surface area contributed by atoms with Crippen LogP contribution in [0.3, 0.4) is 0 Å². The van der Waals surface area contributed by atoms with Crippen molar-refractivity contribution in [2.75, 3.05) is 6.54 Å². The van der Waals surface area contributed by atoms with Gasteiger partial charge in [0.2, 0.25) is 10.0 Å². The maximum Gasteiger partial charge on any atom is 0.240 e. The van der Waals surface area contributed by atoms with E-state index >= 15 is 0 Å². The molecule has 6 heteroatoms. The van der Waals surface area contributed by atoms with Crippen LogP contribution in [0.5, 0.6) is 0 Å². The lowest BCUT2D eigenvalue weighted by atomic mass is 10.2. The van der Waals surface area contributed by atoms with Crippen LogP contribution in [0, 0.1) is 12.7 Å². The van der Waals surface area contributed by atoms with E-state index in [2.05, 4.69) is 4.72 Å². The van der Waals surface area contributed by atoms with Crippen molar-refractivity contribution in [2.24, 2.45) is 0 Å². The molecule has 0 bridgehead atoms. The molecule has 1 aromatic rings. The Morgan fingerprint density at radius 2 is 2.11 bits per heavy atom. The molecule has 0 fully saturated rings. The average Bonchev–Trinajstić information content (AvgIpc) is 2.31. The van der Waals surface area contributed by atoms with Crippen molar-refractivity contribution in [1.82, 2.24) is 4.72 Å². The van der Waals surface area contributed by atoms with E-state index < -0.39 is 21.9 Å². The van der Waals surface area contributed by atoms with Gasteiger partial charge < -0.3 is 5.11 Å². The smallest absolute Gasteiger partial charge is 0.240 e. The standard InChI is InChI=1S/C12H18FNO3S/c1-3-11(15)6-7-14-18(16,17)12-8-10(13)5-4-9(12)2/h4-5,8,11,14-15H,3,6-7H2,1-2H3. The molecule has 0 spiro atoms. The van der Waals surface area contributed by atoms with E-state index in [9.17, 15) is 17.9 Å². The van der Waals surface area contributed by atoms with Gasteiger partial charge in [0.05, 0.1) is 11.0 Å². The summed E-state index contributed by atoms with van der Waals surface area (Å²) in [6.45, 7) is 3.55. The van der Waals surface area contributed by atoms with E-state index in [-0.39, 0.29) is 11.4 Å². The van der Waals surface area contributed by atoms with Crippen LogP contribution in [0.25, 0.3) is 0 Å². The predicted octanol–water partition coefficient (Wildman–Crippen LogP) is 1.57. The van der Waals surface area contributed by atoms with E-state index in [0.717, 1.165) is 6.07 Å². The highest BCUT2D eigenvalue weighted by atomic mass is 32.2. The summed E-state index contributed by atoms with van der Waals surface area (Å²) in [6.07, 6.45) is 0.381. The molecule has 0 aliphatic rings. The monoisotopic (exact) mass is 275 g/mol. The third-order valence-corrected chi connectivity index (χ3v) is 4.28. The minimum absolute atomic E-state index is 0.0616. The fourth-order valence-corrected chi connectivity index (χ4v) is 2.81. The van der Waals surface area contributed by atoms with Crippen LogP contribution in [0.1, 0.15) is 25.3 Å². The number of aliphatic hydroxyl groups excluding tert-OH is 1. The maximum absolute atomic E-state index is 13.1. The van der Waals surface area contributed by atoms with Gasteiger partial charge in [-0.3, -0.25) is 0 Å². The van der Waals surface area contributed by atoms with Gasteiger partial charge in [-0.2, -0.15) is 0 Å². The first-order valence-electron chi connectivity index (χ1n) is 5.80. The molecule has 0 saturated carbocycles. The Labute approximate surface area is 107 Å². The molecule has 0 aliphatic carbocycles. The number of aryl methyl sites for hydroxylation is 1. The lowest BCUT2D eigenvalue weighted by Crippen LogP contribution is -2.27. The number of rotatable bonds is 6. The van der Waals surface area contributed by atoms with Gasteiger partial charge in [-0.05, 0) is 37.5 Å². The number of hydrogen-bond acceptors (Lipinski definition) is 3. The zero-order valence-electron chi connectivity index (χ0n) is 10.5. The fraction of sp³-hybridized carbons (Fsp3) is 0.500. The molecular weight excluding hydrogens is 257 g/mol. The van der Waals surface area contributed by atoms with E-state index in [1.165, 1.54) is 12.1 Å². The normalized spacial score (nSPS) is 13.6. The summed E-state index contributed by atoms with van der Waals surface area (Å²) in [7, 11) is -3.72. The maximum atomic E-state index is 13.1. The Balaban J connectivity index is 2.77. The van der Waals surface area contributed by atoms with E-state index in [0.29, 0.717) is 18.4 Å². The Hall–Kier alpha value is -0.980. The van der Waals surface area contributed by atoms with Gasteiger partial charge in [0.1, 0.15) is 5.82 Å². The number of halogens is 1. The third kappa shape index (κ3) is 4.04. The highest BCUT2D eigenvalue weighted by molar-refractivity contribution is 7.89. The second-order valence-electron chi connectivity index (χ2n) is 4.16. The van der Waals surface area contributed by atoms with Gasteiger partial charge in [-0.1, -0.05) is 13.0 Å². The van der Waals surface area contributed by atoms with Crippen LogP contribution in [0.4, 0.5) is 4.39 Å². The first kappa shape index (κ1) is 15.1. The highest BCUT2D eigenvalue weighted by Gasteiger charge is 2.17. The number of hydrogen-bond donors (Lipinski definition) is 2. The molecule has 1 aromatic carbocycles. The largest absolute Gasteiger partial charge is 0.393 e. The SMILES string of the molecule is CCC(O)CCNS(=O)(=O)c1cc(F)ccc1C. The van der Waals surface area contributed by atoms with Gasteiger partial charge in [0.15, 0.2) is 0 Å². The van der Waals surface area contributed by atoms with Crippen LogP contribution >= 0.6 is 0 Å². The number of nitrogens with one attached hydrogen (secondary N) is 1. The van der Waals surface area contributed by atoms with Gasteiger partial charge >= 0.3 is 0 Å². The van der Waals surface area contributed by atoms with Crippen molar-refractivity contribution in [3.8, 4) is 0 Å². The van der Waals surface area contributed by atoms with Crippen molar-refractivity contribution in [1.29, 1.82) is 0 Å². The van der Waals surface area contributed by atoms with Crippen LogP contribution in [-0.2, 0) is 10.0 Å². The molecule has 18 heavy (non-hydrogen) atoms. The fourth-order valence-electron chi connectivity index (χ4n) is 1.51. The minimum atomic E-state index is -3.72. The zero-order chi connectivity index (χ0) is 13.8. The van der Waals surface area contributed by atoms with Crippen molar-refractivity contribution >= 4 is 10.0 Å². The van der Waals surface area contributed by atoms with Crippen molar-refractivity contribution < 1.29 is 17.9 Å². The van der Waals surface area contributed by atoms with Gasteiger partial charge in [0.25, 0.3) is 0 Å².